The fraction of sp³-hybridized carbons (Fsp3) is 0.0833. The van der Waals surface area contributed by atoms with Crippen molar-refractivity contribution in [2.75, 3.05) is 0 Å². The molecule has 0 unspecified atom stereocenters. The van der Waals surface area contributed by atoms with Crippen LogP contribution in [0.4, 0.5) is 0 Å². The smallest absolute Gasteiger partial charge is 0.401 e. The van der Waals surface area contributed by atoms with E-state index in [1.165, 1.54) is 19.1 Å². The van der Waals surface area contributed by atoms with Crippen molar-refractivity contribution in [2.24, 2.45) is 0 Å². The first-order valence-electron chi connectivity index (χ1n) is 5.20. The highest BCUT2D eigenvalue weighted by Gasteiger charge is 2.10. The van der Waals surface area contributed by atoms with E-state index in [0.29, 0.717) is 16.5 Å². The summed E-state index contributed by atoms with van der Waals surface area (Å²) in [6.45, 7) is 1.30. The minimum atomic E-state index is -4.09. The highest BCUT2D eigenvalue weighted by atomic mass is 35.7. The van der Waals surface area contributed by atoms with E-state index in [2.05, 4.69) is 4.18 Å². The van der Waals surface area contributed by atoms with Gasteiger partial charge in [-0.25, -0.2) is 0 Å². The van der Waals surface area contributed by atoms with Crippen molar-refractivity contribution >= 4 is 36.8 Å². The molecule has 0 N–H and O–H groups in total. The Kier molecular flexibility index (Phi) is 3.64. The summed E-state index contributed by atoms with van der Waals surface area (Å²) in [5.41, 5.74) is 0. The number of ether oxygens (including phenoxy) is 1. The Balaban J connectivity index is 2.48. The topological polar surface area (TPSA) is 69.7 Å². The molecule has 0 aliphatic heterocycles. The first kappa shape index (κ1) is 13.6. The molecular formula is C12H9ClO5S. The average molecular weight is 301 g/mol. The molecule has 100 valence electrons. The van der Waals surface area contributed by atoms with Gasteiger partial charge in [-0.1, -0.05) is 12.1 Å². The average Bonchev–Trinajstić information content (AvgIpc) is 2.26. The molecule has 0 atom stereocenters. The molecule has 19 heavy (non-hydrogen) atoms. The number of benzene rings is 2. The number of hydrogen-bond donors (Lipinski definition) is 0. The number of fused-ring (bicyclic) bond motifs is 1. The zero-order chi connectivity index (χ0) is 14.0. The highest BCUT2D eigenvalue weighted by Crippen LogP contribution is 2.29. The van der Waals surface area contributed by atoms with Crippen molar-refractivity contribution in [2.45, 2.75) is 6.92 Å². The molecule has 0 heterocycles. The number of carbonyl (C=O) groups is 1. The quantitative estimate of drug-likeness (QED) is 0.495. The second-order valence-corrected chi connectivity index (χ2v) is 5.80. The van der Waals surface area contributed by atoms with E-state index in [9.17, 15) is 13.2 Å². The molecule has 0 saturated carbocycles. The maximum Gasteiger partial charge on any atom is 0.401 e. The van der Waals surface area contributed by atoms with E-state index >= 15 is 0 Å². The molecule has 0 aliphatic carbocycles. The third-order valence-electron chi connectivity index (χ3n) is 2.26. The first-order chi connectivity index (χ1) is 8.85. The normalized spacial score (nSPS) is 11.3. The van der Waals surface area contributed by atoms with Crippen LogP contribution in [0.3, 0.4) is 0 Å². The molecule has 2 aromatic rings. The predicted octanol–water partition coefficient (Wildman–Crippen LogP) is 2.63. The van der Waals surface area contributed by atoms with Gasteiger partial charge >= 0.3 is 15.3 Å². The van der Waals surface area contributed by atoms with Crippen LogP contribution >= 0.6 is 10.7 Å². The summed E-state index contributed by atoms with van der Waals surface area (Å²) in [6.07, 6.45) is 0. The lowest BCUT2D eigenvalue weighted by molar-refractivity contribution is -0.131. The molecule has 0 spiro atoms. The molecule has 0 aliphatic rings. The molecule has 0 saturated heterocycles. The summed E-state index contributed by atoms with van der Waals surface area (Å²) in [5.74, 6) is 0.0453. The SMILES string of the molecule is CC(=O)Oc1cccc2cc(OS(=O)(=O)Cl)ccc12. The highest BCUT2D eigenvalue weighted by molar-refractivity contribution is 8.10. The Morgan fingerprint density at radius 1 is 1.21 bits per heavy atom. The number of halogens is 1. The van der Waals surface area contributed by atoms with Gasteiger partial charge in [0.25, 0.3) is 0 Å². The number of carbonyl (C=O) groups excluding carboxylic acids is 1. The summed E-state index contributed by atoms with van der Waals surface area (Å²) in [7, 11) is 0.912. The molecule has 0 radical (unpaired) electrons. The van der Waals surface area contributed by atoms with Gasteiger partial charge in [-0.05, 0) is 29.7 Å². The van der Waals surface area contributed by atoms with Crippen molar-refractivity contribution in [1.29, 1.82) is 0 Å². The molecule has 2 rings (SSSR count). The third-order valence-corrected chi connectivity index (χ3v) is 2.84. The lowest BCUT2D eigenvalue weighted by Crippen LogP contribution is -2.02. The second kappa shape index (κ2) is 5.07. The number of esters is 1. The third kappa shape index (κ3) is 3.59. The van der Waals surface area contributed by atoms with Crippen molar-refractivity contribution in [3.63, 3.8) is 0 Å². The lowest BCUT2D eigenvalue weighted by Gasteiger charge is -2.07. The minimum Gasteiger partial charge on any atom is -0.426 e. The van der Waals surface area contributed by atoms with E-state index in [4.69, 9.17) is 15.4 Å². The molecule has 7 heteroatoms. The summed E-state index contributed by atoms with van der Waals surface area (Å²) < 4.78 is 31.3. The van der Waals surface area contributed by atoms with E-state index in [1.807, 2.05) is 0 Å². The van der Waals surface area contributed by atoms with Crippen LogP contribution in [0.15, 0.2) is 36.4 Å². The van der Waals surface area contributed by atoms with E-state index in [-0.39, 0.29) is 5.75 Å². The molecule has 0 fully saturated rings. The zero-order valence-electron chi connectivity index (χ0n) is 9.79. The van der Waals surface area contributed by atoms with Crippen molar-refractivity contribution in [3.05, 3.63) is 36.4 Å². The molecule has 0 bridgehead atoms. The molecule has 5 nitrogen and oxygen atoms in total. The van der Waals surface area contributed by atoms with Crippen molar-refractivity contribution < 1.29 is 22.1 Å². The molecule has 2 aromatic carbocycles. The van der Waals surface area contributed by atoms with E-state index < -0.39 is 15.3 Å². The van der Waals surface area contributed by atoms with Gasteiger partial charge in [-0.15, -0.1) is 0 Å². The van der Waals surface area contributed by atoms with Crippen molar-refractivity contribution in [1.82, 2.24) is 0 Å². The van der Waals surface area contributed by atoms with Crippen LogP contribution in [-0.4, -0.2) is 14.4 Å². The number of rotatable bonds is 3. The molecular weight excluding hydrogens is 292 g/mol. The standard InChI is InChI=1S/C12H9ClO5S/c1-8(14)17-12-4-2-3-9-7-10(5-6-11(9)12)18-19(13,15)16/h2-7H,1H3. The minimum absolute atomic E-state index is 0.0856. The fourth-order valence-electron chi connectivity index (χ4n) is 1.64. The van der Waals surface area contributed by atoms with Crippen LogP contribution in [0, 0.1) is 0 Å². The van der Waals surface area contributed by atoms with Gasteiger partial charge in [-0.2, -0.15) is 8.42 Å². The van der Waals surface area contributed by atoms with E-state index in [1.54, 1.807) is 24.3 Å². The predicted molar refractivity (Wildman–Crippen MR) is 70.7 cm³/mol. The molecule has 0 aromatic heterocycles. The lowest BCUT2D eigenvalue weighted by atomic mass is 10.1. The summed E-state index contributed by atoms with van der Waals surface area (Å²) in [6, 6.07) is 9.56. The Morgan fingerprint density at radius 2 is 1.95 bits per heavy atom. The van der Waals surface area contributed by atoms with Crippen LogP contribution in [0.5, 0.6) is 11.5 Å². The Hall–Kier alpha value is -1.79. The van der Waals surface area contributed by atoms with Gasteiger partial charge in [0.05, 0.1) is 10.7 Å². The fourth-order valence-corrected chi connectivity index (χ4v) is 2.19. The van der Waals surface area contributed by atoms with Crippen LogP contribution in [0.2, 0.25) is 0 Å². The van der Waals surface area contributed by atoms with Crippen LogP contribution in [-0.2, 0) is 14.1 Å². The Morgan fingerprint density at radius 3 is 2.58 bits per heavy atom. The van der Waals surface area contributed by atoms with E-state index in [0.717, 1.165) is 0 Å². The van der Waals surface area contributed by atoms with Gasteiger partial charge in [0.2, 0.25) is 0 Å². The number of hydrogen-bond acceptors (Lipinski definition) is 5. The zero-order valence-corrected chi connectivity index (χ0v) is 11.4. The summed E-state index contributed by atoms with van der Waals surface area (Å²) in [4.78, 5) is 11.0. The van der Waals surface area contributed by atoms with Gasteiger partial charge in [0.15, 0.2) is 0 Å². The maximum atomic E-state index is 11.0. The maximum absolute atomic E-state index is 11.0. The van der Waals surface area contributed by atoms with Gasteiger partial charge in [0.1, 0.15) is 11.5 Å². The Labute approximate surface area is 114 Å². The van der Waals surface area contributed by atoms with Crippen molar-refractivity contribution in [3.8, 4) is 11.5 Å². The van der Waals surface area contributed by atoms with Crippen LogP contribution in [0.25, 0.3) is 10.8 Å². The van der Waals surface area contributed by atoms with Gasteiger partial charge in [0, 0.05) is 12.3 Å². The first-order valence-corrected chi connectivity index (χ1v) is 7.44. The largest absolute Gasteiger partial charge is 0.426 e. The van der Waals surface area contributed by atoms with Crippen LogP contribution < -0.4 is 8.92 Å². The molecule has 0 amide bonds. The summed E-state index contributed by atoms with van der Waals surface area (Å²) in [5, 5.41) is 1.33. The van der Waals surface area contributed by atoms with Gasteiger partial charge in [-0.3, -0.25) is 4.79 Å². The Bertz CT molecular complexity index is 739. The second-order valence-electron chi connectivity index (χ2n) is 3.71. The monoisotopic (exact) mass is 300 g/mol. The summed E-state index contributed by atoms with van der Waals surface area (Å²) >= 11 is 0. The van der Waals surface area contributed by atoms with Crippen LogP contribution in [0.1, 0.15) is 6.92 Å². The van der Waals surface area contributed by atoms with Gasteiger partial charge < -0.3 is 8.92 Å².